The summed E-state index contributed by atoms with van der Waals surface area (Å²) in [5.74, 6) is -0.339. The van der Waals surface area contributed by atoms with E-state index >= 15 is 0 Å². The number of nitrogens with one attached hydrogen (secondary N) is 1. The Morgan fingerprint density at radius 3 is 2.95 bits per heavy atom. The zero-order chi connectivity index (χ0) is 14.5. The van der Waals surface area contributed by atoms with Gasteiger partial charge in [-0.05, 0) is 38.5 Å². The maximum absolute atomic E-state index is 11.4. The molecule has 0 spiro atoms. The second kappa shape index (κ2) is 6.19. The highest BCUT2D eigenvalue weighted by atomic mass is 16.5. The molecule has 0 atom stereocenters. The summed E-state index contributed by atoms with van der Waals surface area (Å²) in [7, 11) is 0. The van der Waals surface area contributed by atoms with Crippen molar-refractivity contribution in [3.05, 3.63) is 47.8 Å². The molecule has 20 heavy (non-hydrogen) atoms. The standard InChI is InChI=1S/C16H18N2O2/c1-4-20-15(19)10-11(2)18-14-8-7-13-6-5-9-17-16(13)12(14)3/h5-10,18H,4H2,1-3H3/b11-10-. The number of hydrogen-bond acceptors (Lipinski definition) is 4. The maximum Gasteiger partial charge on any atom is 0.332 e. The summed E-state index contributed by atoms with van der Waals surface area (Å²) in [6.45, 7) is 6.00. The molecule has 0 unspecified atom stereocenters. The first-order chi connectivity index (χ1) is 9.61. The molecule has 1 aromatic carbocycles. The fraction of sp³-hybridized carbons (Fsp3) is 0.250. The van der Waals surface area contributed by atoms with Gasteiger partial charge in [-0.1, -0.05) is 12.1 Å². The van der Waals surface area contributed by atoms with Crippen LogP contribution in [0.25, 0.3) is 10.9 Å². The minimum atomic E-state index is -0.339. The topological polar surface area (TPSA) is 51.2 Å². The van der Waals surface area contributed by atoms with Gasteiger partial charge < -0.3 is 10.1 Å². The van der Waals surface area contributed by atoms with Gasteiger partial charge in [-0.3, -0.25) is 4.98 Å². The van der Waals surface area contributed by atoms with Gasteiger partial charge in [0.25, 0.3) is 0 Å². The molecule has 0 saturated heterocycles. The van der Waals surface area contributed by atoms with Crippen LogP contribution in [-0.2, 0) is 9.53 Å². The number of rotatable bonds is 4. The van der Waals surface area contributed by atoms with Gasteiger partial charge in [0.2, 0.25) is 0 Å². The lowest BCUT2D eigenvalue weighted by molar-refractivity contribution is -0.137. The predicted octanol–water partition coefficient (Wildman–Crippen LogP) is 3.42. The first-order valence-corrected chi connectivity index (χ1v) is 6.58. The number of anilines is 1. The molecule has 4 heteroatoms. The van der Waals surface area contributed by atoms with Crippen molar-refractivity contribution < 1.29 is 9.53 Å². The molecule has 0 amide bonds. The lowest BCUT2D eigenvalue weighted by atomic mass is 10.1. The van der Waals surface area contributed by atoms with Crippen molar-refractivity contribution in [1.82, 2.24) is 4.98 Å². The molecule has 0 saturated carbocycles. The van der Waals surface area contributed by atoms with Crippen LogP contribution in [-0.4, -0.2) is 17.6 Å². The molecule has 0 radical (unpaired) electrons. The number of allylic oxidation sites excluding steroid dienone is 1. The molecule has 0 fully saturated rings. The summed E-state index contributed by atoms with van der Waals surface area (Å²) in [5.41, 5.74) is 3.69. The maximum atomic E-state index is 11.4. The molecule has 2 rings (SSSR count). The van der Waals surface area contributed by atoms with Gasteiger partial charge in [-0.15, -0.1) is 0 Å². The van der Waals surface area contributed by atoms with Crippen LogP contribution in [0.2, 0.25) is 0 Å². The third-order valence-corrected chi connectivity index (χ3v) is 2.98. The minimum Gasteiger partial charge on any atom is -0.463 e. The van der Waals surface area contributed by atoms with E-state index in [9.17, 15) is 4.79 Å². The Bertz CT molecular complexity index is 663. The van der Waals surface area contributed by atoms with Gasteiger partial charge >= 0.3 is 5.97 Å². The summed E-state index contributed by atoms with van der Waals surface area (Å²) < 4.78 is 4.88. The molecule has 1 heterocycles. The highest BCUT2D eigenvalue weighted by Gasteiger charge is 2.05. The van der Waals surface area contributed by atoms with Crippen molar-refractivity contribution in [1.29, 1.82) is 0 Å². The average Bonchev–Trinajstić information content (AvgIpc) is 2.42. The Kier molecular flexibility index (Phi) is 4.35. The minimum absolute atomic E-state index is 0.339. The van der Waals surface area contributed by atoms with E-state index in [-0.39, 0.29) is 5.97 Å². The highest BCUT2D eigenvalue weighted by molar-refractivity contribution is 5.87. The van der Waals surface area contributed by atoms with Crippen LogP contribution in [0.1, 0.15) is 19.4 Å². The molecule has 104 valence electrons. The summed E-state index contributed by atoms with van der Waals surface area (Å²) >= 11 is 0. The predicted molar refractivity (Wildman–Crippen MR) is 80.5 cm³/mol. The SMILES string of the molecule is CCOC(=O)/C=C(/C)Nc1ccc2cccnc2c1C. The quantitative estimate of drug-likeness (QED) is 0.683. The molecular weight excluding hydrogens is 252 g/mol. The molecule has 0 aliphatic heterocycles. The zero-order valence-electron chi connectivity index (χ0n) is 11.9. The number of nitrogens with zero attached hydrogens (tertiary/aromatic N) is 1. The number of benzene rings is 1. The van der Waals surface area contributed by atoms with Crippen molar-refractivity contribution >= 4 is 22.6 Å². The third-order valence-electron chi connectivity index (χ3n) is 2.98. The van der Waals surface area contributed by atoms with Crippen molar-refractivity contribution in [2.45, 2.75) is 20.8 Å². The molecular formula is C16H18N2O2. The number of fused-ring (bicyclic) bond motifs is 1. The molecule has 4 nitrogen and oxygen atoms in total. The number of carbonyl (C=O) groups excluding carboxylic acids is 1. The van der Waals surface area contributed by atoms with Crippen molar-refractivity contribution in [2.24, 2.45) is 0 Å². The van der Waals surface area contributed by atoms with E-state index < -0.39 is 0 Å². The van der Waals surface area contributed by atoms with Crippen LogP contribution in [0.5, 0.6) is 0 Å². The monoisotopic (exact) mass is 270 g/mol. The smallest absolute Gasteiger partial charge is 0.332 e. The fourth-order valence-corrected chi connectivity index (χ4v) is 2.04. The van der Waals surface area contributed by atoms with Gasteiger partial charge in [0.1, 0.15) is 0 Å². The number of carbonyl (C=O) groups is 1. The molecule has 0 aliphatic rings. The molecule has 1 aromatic heterocycles. The van der Waals surface area contributed by atoms with Crippen LogP contribution in [0.4, 0.5) is 5.69 Å². The number of aromatic nitrogens is 1. The van der Waals surface area contributed by atoms with E-state index in [1.807, 2.05) is 38.1 Å². The Morgan fingerprint density at radius 1 is 1.40 bits per heavy atom. The summed E-state index contributed by atoms with van der Waals surface area (Å²) in [6, 6.07) is 7.94. The van der Waals surface area contributed by atoms with Crippen molar-refractivity contribution in [2.75, 3.05) is 11.9 Å². The molecule has 2 aromatic rings. The van der Waals surface area contributed by atoms with Crippen molar-refractivity contribution in [3.63, 3.8) is 0 Å². The highest BCUT2D eigenvalue weighted by Crippen LogP contribution is 2.24. The van der Waals surface area contributed by atoms with Gasteiger partial charge in [0, 0.05) is 29.0 Å². The van der Waals surface area contributed by atoms with E-state index in [0.29, 0.717) is 6.61 Å². The van der Waals surface area contributed by atoms with E-state index in [1.165, 1.54) is 6.08 Å². The summed E-state index contributed by atoms with van der Waals surface area (Å²) in [5, 5.41) is 4.31. The van der Waals surface area contributed by atoms with Gasteiger partial charge in [0.15, 0.2) is 0 Å². The molecule has 0 bridgehead atoms. The lowest BCUT2D eigenvalue weighted by Gasteiger charge is -2.11. The second-order valence-corrected chi connectivity index (χ2v) is 4.52. The largest absolute Gasteiger partial charge is 0.463 e. The van der Waals surface area contributed by atoms with E-state index in [2.05, 4.69) is 10.3 Å². The normalized spacial score (nSPS) is 11.4. The molecule has 0 aliphatic carbocycles. The number of ether oxygens (including phenoxy) is 1. The Hall–Kier alpha value is -2.36. The third kappa shape index (κ3) is 3.15. The van der Waals surface area contributed by atoms with Gasteiger partial charge in [-0.25, -0.2) is 4.79 Å². The molecule has 1 N–H and O–H groups in total. The first-order valence-electron chi connectivity index (χ1n) is 6.58. The number of aryl methyl sites for hydroxylation is 1. The Morgan fingerprint density at radius 2 is 2.20 bits per heavy atom. The fourth-order valence-electron chi connectivity index (χ4n) is 2.04. The zero-order valence-corrected chi connectivity index (χ0v) is 11.9. The number of esters is 1. The summed E-state index contributed by atoms with van der Waals surface area (Å²) in [4.78, 5) is 15.8. The summed E-state index contributed by atoms with van der Waals surface area (Å²) in [6.07, 6.45) is 3.23. The first kappa shape index (κ1) is 14.1. The Balaban J connectivity index is 2.26. The van der Waals surface area contributed by atoms with Crippen molar-refractivity contribution in [3.8, 4) is 0 Å². The van der Waals surface area contributed by atoms with Gasteiger partial charge in [-0.2, -0.15) is 0 Å². The lowest BCUT2D eigenvalue weighted by Crippen LogP contribution is -2.05. The second-order valence-electron chi connectivity index (χ2n) is 4.52. The van der Waals surface area contributed by atoms with E-state index in [1.54, 1.807) is 13.1 Å². The number of pyridine rings is 1. The van der Waals surface area contributed by atoms with Crippen LogP contribution in [0, 0.1) is 6.92 Å². The number of hydrogen-bond donors (Lipinski definition) is 1. The van der Waals surface area contributed by atoms with Crippen LogP contribution >= 0.6 is 0 Å². The van der Waals surface area contributed by atoms with Crippen LogP contribution in [0.15, 0.2) is 42.2 Å². The van der Waals surface area contributed by atoms with Crippen LogP contribution < -0.4 is 5.32 Å². The van der Waals surface area contributed by atoms with Crippen LogP contribution in [0.3, 0.4) is 0 Å². The average molecular weight is 270 g/mol. The van der Waals surface area contributed by atoms with Gasteiger partial charge in [0.05, 0.1) is 12.1 Å². The Labute approximate surface area is 118 Å². The van der Waals surface area contributed by atoms with E-state index in [4.69, 9.17) is 4.74 Å². The van der Waals surface area contributed by atoms with E-state index in [0.717, 1.165) is 27.9 Å².